The van der Waals surface area contributed by atoms with E-state index in [1.165, 1.54) is 11.8 Å². The Bertz CT molecular complexity index is 1200. The largest absolute Gasteiger partial charge is 0.383 e. The van der Waals surface area contributed by atoms with Crippen LogP contribution < -0.4 is 11.1 Å². The van der Waals surface area contributed by atoms with Crippen molar-refractivity contribution < 1.29 is 4.79 Å². The Morgan fingerprint density at radius 3 is 2.35 bits per heavy atom. The number of nitrogens with zero attached hydrogens (tertiary/aromatic N) is 3. The molecule has 31 heavy (non-hydrogen) atoms. The number of aryl methyl sites for hydroxylation is 1. The SMILES string of the molecule is Cc1ccc(-c2c(C#N)c(N)nc(SCCC(=O)Nc3ccc(Cl)cc3)c2C#N)cc1. The lowest BCUT2D eigenvalue weighted by atomic mass is 9.96. The lowest BCUT2D eigenvalue weighted by Gasteiger charge is -2.13. The monoisotopic (exact) mass is 447 g/mol. The minimum Gasteiger partial charge on any atom is -0.383 e. The number of anilines is 2. The number of thioether (sulfide) groups is 1. The molecule has 1 amide bonds. The second-order valence-corrected chi connectivity index (χ2v) is 8.19. The zero-order valence-corrected chi connectivity index (χ0v) is 18.2. The van der Waals surface area contributed by atoms with E-state index < -0.39 is 0 Å². The van der Waals surface area contributed by atoms with Crippen LogP contribution in [0.25, 0.3) is 11.1 Å². The number of rotatable bonds is 6. The van der Waals surface area contributed by atoms with Crippen LogP contribution in [-0.2, 0) is 4.79 Å². The molecule has 0 unspecified atom stereocenters. The van der Waals surface area contributed by atoms with E-state index in [4.69, 9.17) is 17.3 Å². The second-order valence-electron chi connectivity index (χ2n) is 6.67. The fourth-order valence-corrected chi connectivity index (χ4v) is 3.97. The molecular weight excluding hydrogens is 430 g/mol. The van der Waals surface area contributed by atoms with Gasteiger partial charge in [0.1, 0.15) is 28.5 Å². The number of benzene rings is 2. The molecule has 0 atom stereocenters. The van der Waals surface area contributed by atoms with Crippen LogP contribution in [0.15, 0.2) is 53.6 Å². The topological polar surface area (TPSA) is 116 Å². The maximum Gasteiger partial charge on any atom is 0.225 e. The molecule has 3 rings (SSSR count). The van der Waals surface area contributed by atoms with Crippen molar-refractivity contribution in [3.8, 4) is 23.3 Å². The van der Waals surface area contributed by atoms with Crippen LogP contribution in [0.4, 0.5) is 11.5 Å². The van der Waals surface area contributed by atoms with E-state index >= 15 is 0 Å². The highest BCUT2D eigenvalue weighted by Crippen LogP contribution is 2.35. The highest BCUT2D eigenvalue weighted by atomic mass is 35.5. The van der Waals surface area contributed by atoms with Gasteiger partial charge in [0.15, 0.2) is 0 Å². The van der Waals surface area contributed by atoms with E-state index in [2.05, 4.69) is 22.4 Å². The van der Waals surface area contributed by atoms with Crippen LogP contribution in [0.2, 0.25) is 5.02 Å². The summed E-state index contributed by atoms with van der Waals surface area (Å²) in [7, 11) is 0. The number of halogens is 1. The first-order valence-electron chi connectivity index (χ1n) is 9.32. The van der Waals surface area contributed by atoms with Gasteiger partial charge in [-0.2, -0.15) is 10.5 Å². The van der Waals surface area contributed by atoms with Crippen LogP contribution in [0.1, 0.15) is 23.1 Å². The van der Waals surface area contributed by atoms with E-state index in [-0.39, 0.29) is 29.3 Å². The maximum atomic E-state index is 12.2. The van der Waals surface area contributed by atoms with Gasteiger partial charge < -0.3 is 11.1 Å². The van der Waals surface area contributed by atoms with Crippen LogP contribution in [-0.4, -0.2) is 16.6 Å². The molecule has 8 heteroatoms. The fraction of sp³-hybridized carbons (Fsp3) is 0.130. The van der Waals surface area contributed by atoms with Gasteiger partial charge in [0, 0.05) is 28.4 Å². The molecule has 0 radical (unpaired) electrons. The number of nitriles is 2. The molecule has 3 N–H and O–H groups in total. The van der Waals surface area contributed by atoms with Crippen LogP contribution in [0.3, 0.4) is 0 Å². The molecule has 0 aliphatic rings. The van der Waals surface area contributed by atoms with E-state index in [0.29, 0.717) is 27.1 Å². The third-order valence-electron chi connectivity index (χ3n) is 4.45. The Kier molecular flexibility index (Phi) is 7.15. The van der Waals surface area contributed by atoms with Gasteiger partial charge in [-0.1, -0.05) is 41.4 Å². The Morgan fingerprint density at radius 2 is 1.74 bits per heavy atom. The van der Waals surface area contributed by atoms with E-state index in [1.54, 1.807) is 24.3 Å². The van der Waals surface area contributed by atoms with E-state index in [9.17, 15) is 15.3 Å². The molecule has 1 aromatic heterocycles. The third kappa shape index (κ3) is 5.35. The molecule has 0 saturated carbocycles. The van der Waals surface area contributed by atoms with Crippen molar-refractivity contribution >= 4 is 40.8 Å². The van der Waals surface area contributed by atoms with E-state index in [1.807, 2.05) is 31.2 Å². The summed E-state index contributed by atoms with van der Waals surface area (Å²) in [5.74, 6) is 0.277. The highest BCUT2D eigenvalue weighted by Gasteiger charge is 2.20. The zero-order chi connectivity index (χ0) is 22.4. The van der Waals surface area contributed by atoms with Gasteiger partial charge in [0.05, 0.1) is 5.56 Å². The molecule has 3 aromatic rings. The Balaban J connectivity index is 1.80. The average molecular weight is 448 g/mol. The number of pyridine rings is 1. The predicted octanol–water partition coefficient (Wildman–Crippen LogP) is 5.16. The zero-order valence-electron chi connectivity index (χ0n) is 16.6. The number of nitrogen functional groups attached to an aromatic ring is 1. The van der Waals surface area contributed by atoms with Gasteiger partial charge >= 0.3 is 0 Å². The van der Waals surface area contributed by atoms with Gasteiger partial charge in [0.25, 0.3) is 0 Å². The molecule has 0 aliphatic carbocycles. The number of amides is 1. The number of nitrogens with two attached hydrogens (primary N) is 1. The number of aromatic nitrogens is 1. The van der Waals surface area contributed by atoms with Crippen molar-refractivity contribution in [1.29, 1.82) is 10.5 Å². The van der Waals surface area contributed by atoms with Crippen molar-refractivity contribution in [2.45, 2.75) is 18.4 Å². The first-order chi connectivity index (χ1) is 14.9. The molecule has 0 spiro atoms. The standard InChI is InChI=1S/C23H18ClN5OS/c1-14-2-4-15(5-3-14)21-18(12-25)22(27)29-23(19(21)13-26)31-11-10-20(30)28-17-8-6-16(24)7-9-17/h2-9H,10-11H2,1H3,(H2,27,29)(H,28,30). The maximum absolute atomic E-state index is 12.2. The average Bonchev–Trinajstić information content (AvgIpc) is 2.75. The van der Waals surface area contributed by atoms with Crippen molar-refractivity contribution in [3.63, 3.8) is 0 Å². The van der Waals surface area contributed by atoms with Crippen LogP contribution in [0, 0.1) is 29.6 Å². The first-order valence-corrected chi connectivity index (χ1v) is 10.7. The third-order valence-corrected chi connectivity index (χ3v) is 5.68. The van der Waals surface area contributed by atoms with Gasteiger partial charge in [0.2, 0.25) is 5.91 Å². The highest BCUT2D eigenvalue weighted by molar-refractivity contribution is 7.99. The molecule has 0 fully saturated rings. The number of carbonyl (C=O) groups excluding carboxylic acids is 1. The molecule has 2 aromatic carbocycles. The summed E-state index contributed by atoms with van der Waals surface area (Å²) in [4.78, 5) is 16.5. The molecule has 6 nitrogen and oxygen atoms in total. The molecule has 0 aliphatic heterocycles. The van der Waals surface area contributed by atoms with Crippen molar-refractivity contribution in [3.05, 3.63) is 70.2 Å². The van der Waals surface area contributed by atoms with Crippen LogP contribution in [0.5, 0.6) is 0 Å². The summed E-state index contributed by atoms with van der Waals surface area (Å²) < 4.78 is 0. The normalized spacial score (nSPS) is 10.2. The van der Waals surface area contributed by atoms with E-state index in [0.717, 1.165) is 11.1 Å². The Morgan fingerprint density at radius 1 is 1.10 bits per heavy atom. The molecule has 0 bridgehead atoms. The lowest BCUT2D eigenvalue weighted by Crippen LogP contribution is -2.12. The minimum atomic E-state index is -0.172. The summed E-state index contributed by atoms with van der Waals surface area (Å²) in [5.41, 5.74) is 9.36. The molecule has 0 saturated heterocycles. The van der Waals surface area contributed by atoms with Crippen molar-refractivity contribution in [1.82, 2.24) is 4.98 Å². The second kappa shape index (κ2) is 9.99. The summed E-state index contributed by atoms with van der Waals surface area (Å²) in [5, 5.41) is 23.2. The van der Waals surface area contributed by atoms with Crippen molar-refractivity contribution in [2.24, 2.45) is 0 Å². The number of hydrogen-bond donors (Lipinski definition) is 2. The van der Waals surface area contributed by atoms with Gasteiger partial charge in [-0.05, 0) is 36.8 Å². The summed E-state index contributed by atoms with van der Waals surface area (Å²) in [6.45, 7) is 1.96. The number of nitrogens with one attached hydrogen (secondary N) is 1. The minimum absolute atomic E-state index is 0.0604. The summed E-state index contributed by atoms with van der Waals surface area (Å²) in [6, 6.07) is 18.6. The molecule has 1 heterocycles. The van der Waals surface area contributed by atoms with Gasteiger partial charge in [-0.25, -0.2) is 4.98 Å². The summed E-state index contributed by atoms with van der Waals surface area (Å²) in [6.07, 6.45) is 0.208. The van der Waals surface area contributed by atoms with Crippen molar-refractivity contribution in [2.75, 3.05) is 16.8 Å². The smallest absolute Gasteiger partial charge is 0.225 e. The summed E-state index contributed by atoms with van der Waals surface area (Å²) >= 11 is 7.10. The Hall–Kier alpha value is -3.52. The van der Waals surface area contributed by atoms with Gasteiger partial charge in [-0.3, -0.25) is 4.79 Å². The quantitative estimate of drug-likeness (QED) is 0.504. The van der Waals surface area contributed by atoms with Gasteiger partial charge in [-0.15, -0.1) is 11.8 Å². The molecule has 154 valence electrons. The predicted molar refractivity (Wildman–Crippen MR) is 124 cm³/mol. The Labute approximate surface area is 189 Å². The lowest BCUT2D eigenvalue weighted by molar-refractivity contribution is -0.115. The molecular formula is C23H18ClN5OS. The number of hydrogen-bond acceptors (Lipinski definition) is 6. The first kappa shape index (κ1) is 22.2. The number of carbonyl (C=O) groups is 1. The fourth-order valence-electron chi connectivity index (χ4n) is 2.91. The van der Waals surface area contributed by atoms with Crippen LogP contribution >= 0.6 is 23.4 Å².